The summed E-state index contributed by atoms with van der Waals surface area (Å²) < 4.78 is 35.9. The van der Waals surface area contributed by atoms with Crippen LogP contribution in [0.15, 0.2) is 39.0 Å². The monoisotopic (exact) mass is 496 g/mol. The number of rotatable bonds is 5. The van der Waals surface area contributed by atoms with Crippen LogP contribution in [0.1, 0.15) is 0 Å². The second kappa shape index (κ2) is 8.74. The van der Waals surface area contributed by atoms with Crippen LogP contribution in [0.5, 0.6) is 0 Å². The summed E-state index contributed by atoms with van der Waals surface area (Å²) in [6, 6.07) is 4.16. The minimum absolute atomic E-state index is 0.0320. The molecule has 3 heterocycles. The Labute approximate surface area is 193 Å². The first-order valence-electron chi connectivity index (χ1n) is 9.89. The van der Waals surface area contributed by atoms with E-state index in [1.807, 2.05) is 0 Å². The van der Waals surface area contributed by atoms with Gasteiger partial charge in [0.25, 0.3) is 5.56 Å². The number of amides is 1. The van der Waals surface area contributed by atoms with E-state index in [4.69, 9.17) is 16.3 Å². The third-order valence-corrected chi connectivity index (χ3v) is 7.71. The Morgan fingerprint density at radius 1 is 1.18 bits per heavy atom. The Kier molecular flexibility index (Phi) is 6.14. The molecule has 0 radical (unpaired) electrons. The molecule has 12 nitrogen and oxygen atoms in total. The van der Waals surface area contributed by atoms with Crippen molar-refractivity contribution in [1.82, 2.24) is 23.0 Å². The number of anilines is 1. The molecule has 1 saturated heterocycles. The molecule has 14 heteroatoms. The Hall–Kier alpha value is -3.00. The molecule has 0 unspecified atom stereocenters. The number of fused-ring (bicyclic) bond motifs is 1. The van der Waals surface area contributed by atoms with Gasteiger partial charge in [0, 0.05) is 32.9 Å². The summed E-state index contributed by atoms with van der Waals surface area (Å²) in [4.78, 5) is 41.2. The van der Waals surface area contributed by atoms with Gasteiger partial charge in [-0.2, -0.15) is 4.31 Å². The molecule has 0 bridgehead atoms. The first-order chi connectivity index (χ1) is 15.6. The Morgan fingerprint density at radius 2 is 1.88 bits per heavy atom. The highest BCUT2D eigenvalue weighted by atomic mass is 35.5. The third-order valence-electron chi connectivity index (χ3n) is 5.33. The second-order valence-electron chi connectivity index (χ2n) is 7.46. The fourth-order valence-electron chi connectivity index (χ4n) is 3.58. The van der Waals surface area contributed by atoms with E-state index in [-0.39, 0.29) is 59.6 Å². The van der Waals surface area contributed by atoms with Gasteiger partial charge in [0.2, 0.25) is 15.9 Å². The van der Waals surface area contributed by atoms with Crippen LogP contribution < -0.4 is 16.6 Å². The number of morpholine rings is 1. The first-order valence-corrected chi connectivity index (χ1v) is 11.7. The van der Waals surface area contributed by atoms with Crippen LogP contribution in [0.2, 0.25) is 5.02 Å². The highest BCUT2D eigenvalue weighted by molar-refractivity contribution is 7.89. The Bertz CT molecular complexity index is 1470. The number of ether oxygens (including phenoxy) is 1. The molecule has 176 valence electrons. The van der Waals surface area contributed by atoms with Crippen LogP contribution in [0, 0.1) is 0 Å². The molecule has 33 heavy (non-hydrogen) atoms. The zero-order valence-electron chi connectivity index (χ0n) is 17.8. The van der Waals surface area contributed by atoms with Gasteiger partial charge in [-0.1, -0.05) is 11.6 Å². The Morgan fingerprint density at radius 3 is 2.58 bits per heavy atom. The fourth-order valence-corrected chi connectivity index (χ4v) is 5.49. The summed E-state index contributed by atoms with van der Waals surface area (Å²) in [5.41, 5.74) is -0.634. The molecule has 0 saturated carbocycles. The molecule has 2 aromatic heterocycles. The number of benzene rings is 1. The fraction of sp³-hybridized carbons (Fsp3) is 0.368. The van der Waals surface area contributed by atoms with Gasteiger partial charge in [-0.3, -0.25) is 18.7 Å². The summed E-state index contributed by atoms with van der Waals surface area (Å²) in [6.07, 6.45) is 1.29. The smallest absolute Gasteiger partial charge is 0.332 e. The predicted molar refractivity (Wildman–Crippen MR) is 120 cm³/mol. The number of carbonyl (C=O) groups excluding carboxylic acids is 1. The molecule has 4 rings (SSSR count). The lowest BCUT2D eigenvalue weighted by molar-refractivity contribution is -0.116. The Balaban J connectivity index is 1.60. The molecule has 3 aromatic rings. The summed E-state index contributed by atoms with van der Waals surface area (Å²) in [6.45, 7) is 0.716. The summed E-state index contributed by atoms with van der Waals surface area (Å²) in [5.74, 6) is -0.526. The zero-order chi connectivity index (χ0) is 23.9. The van der Waals surface area contributed by atoms with Gasteiger partial charge in [-0.05, 0) is 18.2 Å². The number of sulfonamides is 1. The molecule has 0 atom stereocenters. The summed E-state index contributed by atoms with van der Waals surface area (Å²) in [7, 11) is -1.05. The minimum Gasteiger partial charge on any atom is -0.379 e. The second-order valence-corrected chi connectivity index (χ2v) is 9.77. The van der Waals surface area contributed by atoms with Crippen LogP contribution in [-0.4, -0.2) is 63.6 Å². The highest BCUT2D eigenvalue weighted by Crippen LogP contribution is 2.28. The maximum Gasteiger partial charge on any atom is 0.332 e. The number of aryl methyl sites for hydroxylation is 1. The van der Waals surface area contributed by atoms with Crippen LogP contribution >= 0.6 is 11.6 Å². The average molecular weight is 497 g/mol. The quantitative estimate of drug-likeness (QED) is 0.514. The van der Waals surface area contributed by atoms with Crippen molar-refractivity contribution in [3.63, 3.8) is 0 Å². The topological polar surface area (TPSA) is 138 Å². The lowest BCUT2D eigenvalue weighted by Gasteiger charge is -2.26. The van der Waals surface area contributed by atoms with Crippen molar-refractivity contribution in [3.8, 4) is 0 Å². The van der Waals surface area contributed by atoms with Crippen molar-refractivity contribution in [2.75, 3.05) is 31.6 Å². The minimum atomic E-state index is -3.87. The number of aromatic nitrogens is 4. The van der Waals surface area contributed by atoms with Gasteiger partial charge in [-0.15, -0.1) is 0 Å². The first kappa shape index (κ1) is 23.2. The SMILES string of the molecule is Cn1c(=O)c2c(ncn2CC(=O)Nc2ccc(Cl)c(S(=O)(=O)N3CCOCC3)c2)n(C)c1=O. The molecule has 1 aliphatic rings. The third kappa shape index (κ3) is 4.19. The molecule has 1 aromatic carbocycles. The average Bonchev–Trinajstić information content (AvgIpc) is 3.21. The van der Waals surface area contributed by atoms with Gasteiger partial charge >= 0.3 is 5.69 Å². The van der Waals surface area contributed by atoms with Crippen molar-refractivity contribution in [3.05, 3.63) is 50.4 Å². The van der Waals surface area contributed by atoms with Crippen molar-refractivity contribution >= 4 is 44.4 Å². The molecular formula is C19H21ClN6O6S. The molecule has 1 fully saturated rings. The van der Waals surface area contributed by atoms with E-state index in [1.165, 1.54) is 52.1 Å². The van der Waals surface area contributed by atoms with E-state index in [9.17, 15) is 22.8 Å². The van der Waals surface area contributed by atoms with Crippen LogP contribution in [-0.2, 0) is 40.2 Å². The molecule has 1 aliphatic heterocycles. The van der Waals surface area contributed by atoms with Crippen LogP contribution in [0.25, 0.3) is 11.2 Å². The molecule has 1 amide bonds. The van der Waals surface area contributed by atoms with Gasteiger partial charge in [-0.25, -0.2) is 18.2 Å². The summed E-state index contributed by atoms with van der Waals surface area (Å²) >= 11 is 6.15. The van der Waals surface area contributed by atoms with Gasteiger partial charge in [0.05, 0.1) is 24.6 Å². The maximum absolute atomic E-state index is 13.0. The number of hydrogen-bond acceptors (Lipinski definition) is 7. The standard InChI is InChI=1S/C19H21ClN6O6S/c1-23-17-16(18(28)24(2)19(23)29)25(11-21-17)10-15(27)22-12-3-4-13(20)14(9-12)33(30,31)26-5-7-32-8-6-26/h3-4,9,11H,5-8,10H2,1-2H3,(H,22,27). The highest BCUT2D eigenvalue weighted by Gasteiger charge is 2.28. The van der Waals surface area contributed by atoms with Crippen molar-refractivity contribution in [1.29, 1.82) is 0 Å². The van der Waals surface area contributed by atoms with Crippen molar-refractivity contribution in [2.24, 2.45) is 14.1 Å². The van der Waals surface area contributed by atoms with E-state index in [0.29, 0.717) is 0 Å². The molecule has 1 N–H and O–H groups in total. The van der Waals surface area contributed by atoms with Crippen LogP contribution in [0.4, 0.5) is 5.69 Å². The lowest BCUT2D eigenvalue weighted by Crippen LogP contribution is -2.40. The molecular weight excluding hydrogens is 476 g/mol. The van der Waals surface area contributed by atoms with Gasteiger partial charge in [0.15, 0.2) is 11.2 Å². The number of nitrogens with one attached hydrogen (secondary N) is 1. The molecule has 0 aliphatic carbocycles. The van der Waals surface area contributed by atoms with E-state index in [0.717, 1.165) is 4.57 Å². The number of imidazole rings is 1. The van der Waals surface area contributed by atoms with E-state index >= 15 is 0 Å². The maximum atomic E-state index is 13.0. The lowest BCUT2D eigenvalue weighted by atomic mass is 10.3. The zero-order valence-corrected chi connectivity index (χ0v) is 19.4. The number of halogens is 1. The van der Waals surface area contributed by atoms with Crippen LogP contribution in [0.3, 0.4) is 0 Å². The van der Waals surface area contributed by atoms with Gasteiger partial charge < -0.3 is 14.6 Å². The molecule has 0 spiro atoms. The van der Waals surface area contributed by atoms with Crippen molar-refractivity contribution in [2.45, 2.75) is 11.4 Å². The van der Waals surface area contributed by atoms with Gasteiger partial charge in [0.1, 0.15) is 11.4 Å². The van der Waals surface area contributed by atoms with E-state index < -0.39 is 27.2 Å². The number of hydrogen-bond donors (Lipinski definition) is 1. The largest absolute Gasteiger partial charge is 0.379 e. The normalized spacial score (nSPS) is 15.1. The number of carbonyl (C=O) groups is 1. The summed E-state index contributed by atoms with van der Waals surface area (Å²) in [5, 5.41) is 2.65. The number of nitrogens with zero attached hydrogens (tertiary/aromatic N) is 5. The van der Waals surface area contributed by atoms with E-state index in [1.54, 1.807) is 0 Å². The predicted octanol–water partition coefficient (Wildman–Crippen LogP) is -0.253. The van der Waals surface area contributed by atoms with E-state index in [2.05, 4.69) is 10.3 Å². The van der Waals surface area contributed by atoms with Crippen molar-refractivity contribution < 1.29 is 17.9 Å².